The van der Waals surface area contributed by atoms with Gasteiger partial charge in [0.05, 0.1) is 13.5 Å². The van der Waals surface area contributed by atoms with Gasteiger partial charge in [0.15, 0.2) is 0 Å². The molecule has 0 amide bonds. The summed E-state index contributed by atoms with van der Waals surface area (Å²) in [6.45, 7) is 1.65. The highest BCUT2D eigenvalue weighted by atomic mass is 19.1. The molecule has 0 aliphatic rings. The topological polar surface area (TPSA) is 72.5 Å². The van der Waals surface area contributed by atoms with Crippen LogP contribution in [0.3, 0.4) is 0 Å². The van der Waals surface area contributed by atoms with Gasteiger partial charge in [-0.2, -0.15) is 0 Å². The molecule has 1 aromatic carbocycles. The number of hydrogen-bond donors (Lipinski definition) is 2. The van der Waals surface area contributed by atoms with E-state index in [4.69, 9.17) is 15.6 Å². The van der Waals surface area contributed by atoms with Gasteiger partial charge in [0.1, 0.15) is 11.6 Å². The number of rotatable bonds is 4. The molecule has 1 aromatic rings. The van der Waals surface area contributed by atoms with Crippen molar-refractivity contribution in [2.45, 2.75) is 19.4 Å². The molecular weight excluding hydrogens is 213 g/mol. The Morgan fingerprint density at radius 1 is 1.62 bits per heavy atom. The van der Waals surface area contributed by atoms with Gasteiger partial charge in [-0.3, -0.25) is 4.79 Å². The number of methoxy groups -OCH3 is 1. The third-order valence-electron chi connectivity index (χ3n) is 2.40. The molecule has 88 valence electrons. The molecule has 0 aromatic heterocycles. The van der Waals surface area contributed by atoms with E-state index >= 15 is 0 Å². The third kappa shape index (κ3) is 2.49. The Bertz CT molecular complexity index is 406. The Balaban J connectivity index is 3.15. The van der Waals surface area contributed by atoms with Crippen molar-refractivity contribution in [3.05, 3.63) is 29.1 Å². The quantitative estimate of drug-likeness (QED) is 0.819. The predicted octanol–water partition coefficient (Wildman–Crippen LogP) is 1.62. The highest BCUT2D eigenvalue weighted by Gasteiger charge is 2.19. The number of hydrogen-bond acceptors (Lipinski definition) is 3. The van der Waals surface area contributed by atoms with E-state index in [2.05, 4.69) is 0 Å². The Kier molecular flexibility index (Phi) is 3.84. The van der Waals surface area contributed by atoms with E-state index in [-0.39, 0.29) is 12.0 Å². The fraction of sp³-hybridized carbons (Fsp3) is 0.364. The van der Waals surface area contributed by atoms with Crippen molar-refractivity contribution in [2.75, 3.05) is 7.11 Å². The van der Waals surface area contributed by atoms with E-state index in [1.54, 1.807) is 6.92 Å². The van der Waals surface area contributed by atoms with Gasteiger partial charge in [0.2, 0.25) is 0 Å². The number of carboxylic acids is 1. The average molecular weight is 227 g/mol. The predicted molar refractivity (Wildman–Crippen MR) is 56.9 cm³/mol. The van der Waals surface area contributed by atoms with Crippen LogP contribution in [0.1, 0.15) is 23.6 Å². The van der Waals surface area contributed by atoms with E-state index < -0.39 is 17.8 Å². The number of aliphatic carboxylic acids is 1. The lowest BCUT2D eigenvalue weighted by Gasteiger charge is -2.16. The number of ether oxygens (including phenoxy) is 1. The van der Waals surface area contributed by atoms with Gasteiger partial charge in [-0.1, -0.05) is 0 Å². The van der Waals surface area contributed by atoms with Crippen molar-refractivity contribution in [3.8, 4) is 5.75 Å². The summed E-state index contributed by atoms with van der Waals surface area (Å²) in [5, 5.41) is 8.62. The number of halogens is 1. The van der Waals surface area contributed by atoms with E-state index in [0.717, 1.165) is 0 Å². The smallest absolute Gasteiger partial charge is 0.305 e. The molecule has 0 aliphatic heterocycles. The second kappa shape index (κ2) is 4.94. The summed E-state index contributed by atoms with van der Waals surface area (Å²) in [6.07, 6.45) is -0.315. The van der Waals surface area contributed by atoms with Crippen molar-refractivity contribution in [3.63, 3.8) is 0 Å². The van der Waals surface area contributed by atoms with E-state index in [1.807, 2.05) is 0 Å². The Hall–Kier alpha value is -1.62. The largest absolute Gasteiger partial charge is 0.496 e. The van der Waals surface area contributed by atoms with Crippen LogP contribution >= 0.6 is 0 Å². The number of benzene rings is 1. The van der Waals surface area contributed by atoms with E-state index in [9.17, 15) is 9.18 Å². The van der Waals surface area contributed by atoms with Crippen molar-refractivity contribution >= 4 is 5.97 Å². The zero-order chi connectivity index (χ0) is 12.3. The van der Waals surface area contributed by atoms with Crippen LogP contribution in [0.25, 0.3) is 0 Å². The van der Waals surface area contributed by atoms with Crippen molar-refractivity contribution in [2.24, 2.45) is 5.73 Å². The van der Waals surface area contributed by atoms with Crippen LogP contribution < -0.4 is 10.5 Å². The molecule has 0 saturated heterocycles. The minimum atomic E-state index is -1.06. The molecule has 0 aliphatic carbocycles. The molecule has 1 rings (SSSR count). The zero-order valence-corrected chi connectivity index (χ0v) is 9.16. The summed E-state index contributed by atoms with van der Waals surface area (Å²) in [5.74, 6) is -1.07. The van der Waals surface area contributed by atoms with Gasteiger partial charge in [-0.15, -0.1) is 0 Å². The van der Waals surface area contributed by atoms with Gasteiger partial charge in [0, 0.05) is 11.6 Å². The molecule has 5 heteroatoms. The van der Waals surface area contributed by atoms with Crippen LogP contribution in [0.15, 0.2) is 12.1 Å². The fourth-order valence-electron chi connectivity index (χ4n) is 1.64. The molecule has 3 N–H and O–H groups in total. The van der Waals surface area contributed by atoms with Crippen LogP contribution in [-0.2, 0) is 4.79 Å². The molecule has 0 fully saturated rings. The monoisotopic (exact) mass is 227 g/mol. The molecular formula is C11H14FNO3. The first-order valence-corrected chi connectivity index (χ1v) is 4.77. The Morgan fingerprint density at radius 3 is 2.75 bits per heavy atom. The molecule has 16 heavy (non-hydrogen) atoms. The lowest BCUT2D eigenvalue weighted by atomic mass is 9.98. The maximum absolute atomic E-state index is 13.5. The zero-order valence-electron chi connectivity index (χ0n) is 9.16. The molecule has 1 atom stereocenters. The Morgan fingerprint density at radius 2 is 2.25 bits per heavy atom. The van der Waals surface area contributed by atoms with Crippen molar-refractivity contribution in [1.29, 1.82) is 0 Å². The third-order valence-corrected chi connectivity index (χ3v) is 2.40. The van der Waals surface area contributed by atoms with Gasteiger partial charge in [-0.05, 0) is 24.6 Å². The number of carbonyl (C=O) groups is 1. The molecule has 0 heterocycles. The lowest BCUT2D eigenvalue weighted by Crippen LogP contribution is -2.18. The standard InChI is InChI=1S/C11H14FNO3/c1-6-9(16-2)4-3-7(12)11(6)8(13)5-10(14)15/h3-4,8H,5,13H2,1-2H3,(H,14,15). The van der Waals surface area contributed by atoms with Crippen LogP contribution in [-0.4, -0.2) is 18.2 Å². The van der Waals surface area contributed by atoms with Crippen molar-refractivity contribution < 1.29 is 19.0 Å². The first kappa shape index (κ1) is 12.4. The molecule has 4 nitrogen and oxygen atoms in total. The minimum Gasteiger partial charge on any atom is -0.496 e. The highest BCUT2D eigenvalue weighted by molar-refractivity contribution is 5.68. The second-order valence-corrected chi connectivity index (χ2v) is 3.49. The molecule has 0 radical (unpaired) electrons. The van der Waals surface area contributed by atoms with Crippen molar-refractivity contribution in [1.82, 2.24) is 0 Å². The summed E-state index contributed by atoms with van der Waals surface area (Å²) < 4.78 is 18.6. The summed E-state index contributed by atoms with van der Waals surface area (Å²) in [4.78, 5) is 10.5. The van der Waals surface area contributed by atoms with Gasteiger partial charge in [-0.25, -0.2) is 4.39 Å². The Labute approximate surface area is 92.8 Å². The molecule has 0 saturated carbocycles. The molecule has 0 spiro atoms. The van der Waals surface area contributed by atoms with Gasteiger partial charge < -0.3 is 15.6 Å². The van der Waals surface area contributed by atoms with Crippen LogP contribution in [0.4, 0.5) is 4.39 Å². The fourth-order valence-corrected chi connectivity index (χ4v) is 1.64. The maximum Gasteiger partial charge on any atom is 0.305 e. The van der Waals surface area contributed by atoms with E-state index in [0.29, 0.717) is 11.3 Å². The normalized spacial score (nSPS) is 12.2. The first-order chi connectivity index (χ1) is 7.47. The lowest BCUT2D eigenvalue weighted by molar-refractivity contribution is -0.137. The summed E-state index contributed by atoms with van der Waals surface area (Å²) in [5.41, 5.74) is 6.38. The molecule has 1 unspecified atom stereocenters. The SMILES string of the molecule is COc1ccc(F)c(C(N)CC(=O)O)c1C. The summed E-state index contributed by atoms with van der Waals surface area (Å²) in [6, 6.07) is 1.84. The van der Waals surface area contributed by atoms with Crippen LogP contribution in [0.5, 0.6) is 5.75 Å². The number of nitrogens with two attached hydrogens (primary N) is 1. The summed E-state index contributed by atoms with van der Waals surface area (Å²) in [7, 11) is 1.47. The minimum absolute atomic E-state index is 0.196. The first-order valence-electron chi connectivity index (χ1n) is 4.77. The second-order valence-electron chi connectivity index (χ2n) is 3.49. The summed E-state index contributed by atoms with van der Waals surface area (Å²) >= 11 is 0. The molecule has 0 bridgehead atoms. The van der Waals surface area contributed by atoms with Crippen LogP contribution in [0.2, 0.25) is 0 Å². The van der Waals surface area contributed by atoms with E-state index in [1.165, 1.54) is 19.2 Å². The van der Waals surface area contributed by atoms with Gasteiger partial charge >= 0.3 is 5.97 Å². The maximum atomic E-state index is 13.5. The number of carboxylic acid groups (broad SMARTS) is 1. The van der Waals surface area contributed by atoms with Crippen LogP contribution in [0, 0.1) is 12.7 Å². The average Bonchev–Trinajstić information content (AvgIpc) is 2.16. The van der Waals surface area contributed by atoms with Gasteiger partial charge in [0.25, 0.3) is 0 Å². The highest BCUT2D eigenvalue weighted by Crippen LogP contribution is 2.28.